The van der Waals surface area contributed by atoms with Crippen molar-refractivity contribution in [1.29, 1.82) is 0 Å². The lowest BCUT2D eigenvalue weighted by Crippen LogP contribution is -2.43. The van der Waals surface area contributed by atoms with Crippen LogP contribution >= 0.6 is 27.6 Å². The topological polar surface area (TPSA) is 181 Å². The van der Waals surface area contributed by atoms with Gasteiger partial charge in [0, 0.05) is 24.9 Å². The quantitative estimate of drug-likeness (QED) is 0.198. The largest absolute Gasteiger partial charge is 0.387 e. The van der Waals surface area contributed by atoms with Crippen LogP contribution in [0.4, 0.5) is 8.78 Å². The van der Waals surface area contributed by atoms with Gasteiger partial charge in [0.2, 0.25) is 12.7 Å². The number of aliphatic hydroxyl groups excluding tert-OH is 2. The molecule has 1 aromatic heterocycles. The van der Waals surface area contributed by atoms with E-state index >= 15 is 0 Å². The Kier molecular flexibility index (Phi) is 9.45. The van der Waals surface area contributed by atoms with Crippen LogP contribution in [-0.4, -0.2) is 63.3 Å². The number of rotatable bonds is 10. The minimum atomic E-state index is -5.00. The lowest BCUT2D eigenvalue weighted by Gasteiger charge is -2.30. The fourth-order valence-electron chi connectivity index (χ4n) is 3.68. The van der Waals surface area contributed by atoms with Crippen molar-refractivity contribution >= 4 is 27.6 Å². The maximum absolute atomic E-state index is 13.9. The van der Waals surface area contributed by atoms with Gasteiger partial charge < -0.3 is 34.2 Å². The van der Waals surface area contributed by atoms with Crippen molar-refractivity contribution in [2.75, 3.05) is 6.61 Å². The summed E-state index contributed by atoms with van der Waals surface area (Å²) in [5.41, 5.74) is -1.63. The molecule has 0 spiro atoms. The molecule has 6 atom stereocenters. The zero-order valence-corrected chi connectivity index (χ0v) is 21.8. The molecule has 2 heterocycles. The van der Waals surface area contributed by atoms with Gasteiger partial charge in [-0.2, -0.15) is 0 Å². The summed E-state index contributed by atoms with van der Waals surface area (Å²) in [6.07, 6.45) is -5.68. The zero-order valence-electron chi connectivity index (χ0n) is 19.2. The summed E-state index contributed by atoms with van der Waals surface area (Å²) in [7, 11) is -7.92. The molecule has 1 aromatic carbocycles. The van der Waals surface area contributed by atoms with Crippen molar-refractivity contribution in [2.24, 2.45) is 0 Å². The smallest absolute Gasteiger partial charge is 0.355 e. The lowest BCUT2D eigenvalue weighted by molar-refractivity contribution is -0.0521. The third kappa shape index (κ3) is 6.20. The van der Waals surface area contributed by atoms with Gasteiger partial charge in [0.1, 0.15) is 29.9 Å². The molecule has 12 nitrogen and oxygen atoms in total. The summed E-state index contributed by atoms with van der Waals surface area (Å²) < 4.78 is 48.5. The molecule has 0 saturated carbocycles. The van der Waals surface area contributed by atoms with Crippen LogP contribution in [0.1, 0.15) is 25.1 Å². The second kappa shape index (κ2) is 11.7. The van der Waals surface area contributed by atoms with Crippen LogP contribution < -0.4 is 11.2 Å². The Morgan fingerprint density at radius 1 is 1.22 bits per heavy atom. The first-order valence-electron chi connectivity index (χ1n) is 10.8. The summed E-state index contributed by atoms with van der Waals surface area (Å²) >= 11 is 5.89. The number of hydrogen-bond donors (Lipinski definition) is 5. The molecular weight excluding hydrogens is 564 g/mol. The molecule has 1 fully saturated rings. The van der Waals surface area contributed by atoms with Crippen molar-refractivity contribution in [3.05, 3.63) is 68.5 Å². The van der Waals surface area contributed by atoms with Crippen molar-refractivity contribution < 1.29 is 47.5 Å². The van der Waals surface area contributed by atoms with E-state index in [1.54, 1.807) is 0 Å². The standard InChI is InChI=1S/C20H25ClF2N2O10P2/c1-2-20(21,37(31,32)33)36(30)34-10-14-16(27)17(28)18(35-14)25-8-6-15(26)24(19(25)29)7-5-11-3-4-12(22)9-13(11)23/h3-4,6,8-9,14,16-18,27-28,30H,2,5,7,10H2,1H3,(H2,31,32,33)/t14-,16?,17?,18-,20?,36?/m1/s1. The van der Waals surface area contributed by atoms with Crippen LogP contribution in [0.3, 0.4) is 0 Å². The van der Waals surface area contributed by atoms with Gasteiger partial charge in [-0.1, -0.05) is 24.6 Å². The Morgan fingerprint density at radius 2 is 1.89 bits per heavy atom. The molecule has 0 radical (unpaired) electrons. The average molecular weight is 589 g/mol. The minimum Gasteiger partial charge on any atom is -0.387 e. The molecule has 1 aliphatic heterocycles. The summed E-state index contributed by atoms with van der Waals surface area (Å²) in [4.78, 5) is 54.3. The zero-order chi connectivity index (χ0) is 27.7. The average Bonchev–Trinajstić information content (AvgIpc) is 3.10. The van der Waals surface area contributed by atoms with Crippen LogP contribution in [0.5, 0.6) is 0 Å². The van der Waals surface area contributed by atoms with Gasteiger partial charge in [0.25, 0.3) is 5.56 Å². The number of aliphatic hydroxyl groups is 2. The maximum Gasteiger partial charge on any atom is 0.355 e. The fourth-order valence-corrected chi connectivity index (χ4v) is 6.06. The van der Waals surface area contributed by atoms with Crippen molar-refractivity contribution in [2.45, 2.75) is 55.2 Å². The molecule has 4 unspecified atom stereocenters. The van der Waals surface area contributed by atoms with Gasteiger partial charge in [-0.25, -0.2) is 13.6 Å². The summed E-state index contributed by atoms with van der Waals surface area (Å²) in [5.74, 6) is -1.64. The van der Waals surface area contributed by atoms with Crippen LogP contribution in [0.15, 0.2) is 40.1 Å². The van der Waals surface area contributed by atoms with E-state index in [0.717, 1.165) is 27.5 Å². The molecule has 3 rings (SSSR count). The first-order chi connectivity index (χ1) is 17.2. The van der Waals surface area contributed by atoms with Gasteiger partial charge >= 0.3 is 13.3 Å². The van der Waals surface area contributed by atoms with E-state index in [-0.39, 0.29) is 24.9 Å². The highest BCUT2D eigenvalue weighted by molar-refractivity contribution is 7.73. The van der Waals surface area contributed by atoms with E-state index in [2.05, 4.69) is 0 Å². The number of aromatic nitrogens is 2. The second-order valence-electron chi connectivity index (χ2n) is 8.21. The number of nitrogens with zero attached hydrogens (tertiary/aromatic N) is 2. The van der Waals surface area contributed by atoms with Crippen molar-refractivity contribution in [1.82, 2.24) is 9.13 Å². The SMILES string of the molecule is CCC(Cl)(P(O)OC[C@H]1O[C@@H](n2ccc(=O)n(CCc3ccc(F)cc3F)c2=O)C(O)C1O)P(=O)(O)O. The van der Waals surface area contributed by atoms with Crippen LogP contribution in [0.25, 0.3) is 0 Å². The van der Waals surface area contributed by atoms with Crippen LogP contribution in [0.2, 0.25) is 0 Å². The van der Waals surface area contributed by atoms with E-state index in [0.29, 0.717) is 6.07 Å². The van der Waals surface area contributed by atoms with Crippen molar-refractivity contribution in [3.63, 3.8) is 0 Å². The molecule has 206 valence electrons. The van der Waals surface area contributed by atoms with E-state index < -0.39 is 74.4 Å². The molecule has 0 amide bonds. The highest BCUT2D eigenvalue weighted by Gasteiger charge is 2.53. The van der Waals surface area contributed by atoms with Gasteiger partial charge in [-0.15, -0.1) is 0 Å². The number of halogens is 3. The monoisotopic (exact) mass is 588 g/mol. The molecule has 2 aromatic rings. The Labute approximate surface area is 214 Å². The molecule has 0 aliphatic carbocycles. The van der Waals surface area contributed by atoms with Crippen LogP contribution in [0, 0.1) is 11.6 Å². The third-order valence-corrected chi connectivity index (χ3v) is 11.0. The predicted molar refractivity (Wildman–Crippen MR) is 127 cm³/mol. The lowest BCUT2D eigenvalue weighted by atomic mass is 10.1. The number of benzene rings is 1. The Bertz CT molecular complexity index is 1290. The summed E-state index contributed by atoms with van der Waals surface area (Å²) in [5, 5.41) is 20.8. The fraction of sp³-hybridized carbons (Fsp3) is 0.500. The molecular formula is C20H25ClF2N2O10P2. The molecule has 5 N–H and O–H groups in total. The minimum absolute atomic E-state index is 0.0612. The number of hydrogen-bond acceptors (Lipinski definition) is 8. The first-order valence-corrected chi connectivity index (χ1v) is 14.1. The van der Waals surface area contributed by atoms with Gasteiger partial charge in [-0.3, -0.25) is 18.5 Å². The number of alkyl halides is 1. The highest BCUT2D eigenvalue weighted by atomic mass is 35.5. The van der Waals surface area contributed by atoms with Crippen molar-refractivity contribution in [3.8, 4) is 0 Å². The Balaban J connectivity index is 1.77. The summed E-state index contributed by atoms with van der Waals surface area (Å²) in [6, 6.07) is 3.87. The molecule has 1 saturated heterocycles. The number of ether oxygens (including phenoxy) is 1. The van der Waals surface area contributed by atoms with Gasteiger partial charge in [0.15, 0.2) is 6.23 Å². The Hall–Kier alpha value is -1.57. The molecule has 1 aliphatic rings. The normalized spacial score (nSPS) is 24.7. The van der Waals surface area contributed by atoms with Gasteiger partial charge in [-0.05, 0) is 24.5 Å². The maximum atomic E-state index is 13.9. The van der Waals surface area contributed by atoms with E-state index in [1.165, 1.54) is 13.0 Å². The highest BCUT2D eigenvalue weighted by Crippen LogP contribution is 2.70. The molecule has 37 heavy (non-hydrogen) atoms. The van der Waals surface area contributed by atoms with Crippen LogP contribution in [-0.2, 0) is 26.8 Å². The van der Waals surface area contributed by atoms with Gasteiger partial charge in [0.05, 0.1) is 6.61 Å². The Morgan fingerprint density at radius 3 is 2.49 bits per heavy atom. The molecule has 17 heteroatoms. The number of aryl methyl sites for hydroxylation is 1. The molecule has 0 bridgehead atoms. The van der Waals surface area contributed by atoms with E-state index in [9.17, 15) is 47.8 Å². The second-order valence-corrected chi connectivity index (χ2v) is 13.2. The van der Waals surface area contributed by atoms with E-state index in [1.807, 2.05) is 0 Å². The third-order valence-electron chi connectivity index (χ3n) is 5.88. The predicted octanol–water partition coefficient (Wildman–Crippen LogP) is 0.951. The summed E-state index contributed by atoms with van der Waals surface area (Å²) in [6.45, 7) is 0.391. The first kappa shape index (κ1) is 30.0. The van der Waals surface area contributed by atoms with E-state index in [4.69, 9.17) is 20.9 Å².